The van der Waals surface area contributed by atoms with Crippen molar-refractivity contribution < 1.29 is 0 Å². The zero-order valence-corrected chi connectivity index (χ0v) is 17.7. The summed E-state index contributed by atoms with van der Waals surface area (Å²) in [7, 11) is 0. The number of nitrogens with two attached hydrogens (primary N) is 1. The average Bonchev–Trinajstić information content (AvgIpc) is 3.07. The second-order valence-electron chi connectivity index (χ2n) is 8.08. The number of benzene rings is 1. The number of hydrogen-bond acceptors (Lipinski definition) is 5. The molecular formula is C22H28N4S. The maximum absolute atomic E-state index is 5.71. The van der Waals surface area contributed by atoms with E-state index in [1.165, 1.54) is 22.3 Å². The van der Waals surface area contributed by atoms with Crippen molar-refractivity contribution in [2.45, 2.75) is 52.9 Å². The molecule has 1 aromatic carbocycles. The van der Waals surface area contributed by atoms with E-state index in [0.717, 1.165) is 34.9 Å². The van der Waals surface area contributed by atoms with Gasteiger partial charge in [-0.05, 0) is 49.1 Å². The van der Waals surface area contributed by atoms with E-state index in [-0.39, 0.29) is 5.41 Å². The van der Waals surface area contributed by atoms with Crippen LogP contribution in [0.2, 0.25) is 0 Å². The van der Waals surface area contributed by atoms with Gasteiger partial charge in [-0.25, -0.2) is 4.98 Å². The van der Waals surface area contributed by atoms with Gasteiger partial charge in [0.15, 0.2) is 0 Å². The summed E-state index contributed by atoms with van der Waals surface area (Å²) >= 11 is 1.68. The Balaban J connectivity index is 1.79. The summed E-state index contributed by atoms with van der Waals surface area (Å²) in [6.45, 7) is 11.4. The minimum atomic E-state index is 0.00418. The second-order valence-corrected chi connectivity index (χ2v) is 9.03. The number of hydrogen-bond donors (Lipinski definition) is 1. The minimum Gasteiger partial charge on any atom is -0.330 e. The molecule has 0 unspecified atom stereocenters. The molecule has 3 aromatic rings. The van der Waals surface area contributed by atoms with Crippen LogP contribution in [0.5, 0.6) is 0 Å². The predicted octanol–water partition coefficient (Wildman–Crippen LogP) is 4.61. The second kappa shape index (κ2) is 7.87. The fraction of sp³-hybridized carbons (Fsp3) is 0.409. The fourth-order valence-corrected chi connectivity index (χ4v) is 3.88. The van der Waals surface area contributed by atoms with Gasteiger partial charge in [0.25, 0.3) is 0 Å². The van der Waals surface area contributed by atoms with E-state index < -0.39 is 0 Å². The van der Waals surface area contributed by atoms with E-state index in [1.807, 2.05) is 12.4 Å². The van der Waals surface area contributed by atoms with Crippen LogP contribution < -0.4 is 5.73 Å². The number of nitrogens with zero attached hydrogens (tertiary/aromatic N) is 3. The first-order chi connectivity index (χ1) is 12.8. The van der Waals surface area contributed by atoms with Gasteiger partial charge in [-0.3, -0.25) is 9.97 Å². The van der Waals surface area contributed by atoms with E-state index in [1.54, 1.807) is 11.3 Å². The van der Waals surface area contributed by atoms with Crippen molar-refractivity contribution in [2.24, 2.45) is 5.73 Å². The molecule has 0 amide bonds. The summed E-state index contributed by atoms with van der Waals surface area (Å²) in [5, 5.41) is 3.17. The van der Waals surface area contributed by atoms with Gasteiger partial charge in [-0.2, -0.15) is 0 Å². The van der Waals surface area contributed by atoms with Gasteiger partial charge in [-0.15, -0.1) is 11.3 Å². The van der Waals surface area contributed by atoms with Gasteiger partial charge in [0.2, 0.25) is 0 Å². The maximum atomic E-state index is 5.71. The Labute approximate surface area is 165 Å². The molecule has 0 fully saturated rings. The summed E-state index contributed by atoms with van der Waals surface area (Å²) in [6, 6.07) is 4.54. The molecule has 5 heteroatoms. The van der Waals surface area contributed by atoms with Crippen LogP contribution in [0, 0.1) is 13.8 Å². The quantitative estimate of drug-likeness (QED) is 0.702. The van der Waals surface area contributed by atoms with Gasteiger partial charge in [0.05, 0.1) is 16.9 Å². The Morgan fingerprint density at radius 3 is 2.30 bits per heavy atom. The molecule has 0 spiro atoms. The molecule has 0 aliphatic carbocycles. The standard InChI is InChI=1S/C22H28N4S/c1-14-9-17(15(2)8-16(14)6-7-23)10-21-26-19(13-27-21)18-11-25-20(12-24-18)22(3,4)5/h8-9,11-13H,6-7,10,23H2,1-5H3. The molecule has 2 heterocycles. The van der Waals surface area contributed by atoms with Crippen molar-refractivity contribution >= 4 is 11.3 Å². The summed E-state index contributed by atoms with van der Waals surface area (Å²) < 4.78 is 0. The van der Waals surface area contributed by atoms with E-state index >= 15 is 0 Å². The maximum Gasteiger partial charge on any atom is 0.108 e. The Bertz CT molecular complexity index is 920. The predicted molar refractivity (Wildman–Crippen MR) is 113 cm³/mol. The van der Waals surface area contributed by atoms with Crippen LogP contribution in [-0.4, -0.2) is 21.5 Å². The molecule has 0 saturated carbocycles. The Kier molecular flexibility index (Phi) is 5.72. The van der Waals surface area contributed by atoms with Crippen LogP contribution in [0.4, 0.5) is 0 Å². The number of rotatable bonds is 5. The van der Waals surface area contributed by atoms with E-state index in [4.69, 9.17) is 10.7 Å². The molecule has 0 aliphatic heterocycles. The Morgan fingerprint density at radius 1 is 0.963 bits per heavy atom. The first kappa shape index (κ1) is 19.6. The third kappa shape index (κ3) is 4.60. The average molecular weight is 381 g/mol. The number of aryl methyl sites for hydroxylation is 2. The largest absolute Gasteiger partial charge is 0.330 e. The number of aromatic nitrogens is 3. The van der Waals surface area contributed by atoms with Crippen molar-refractivity contribution in [3.63, 3.8) is 0 Å². The molecule has 0 aliphatic rings. The van der Waals surface area contributed by atoms with Crippen molar-refractivity contribution in [1.82, 2.24) is 15.0 Å². The monoisotopic (exact) mass is 380 g/mol. The van der Waals surface area contributed by atoms with Gasteiger partial charge in [0.1, 0.15) is 11.4 Å². The summed E-state index contributed by atoms with van der Waals surface area (Å²) in [5.74, 6) is 0. The molecule has 0 bridgehead atoms. The highest BCUT2D eigenvalue weighted by atomic mass is 32.1. The molecule has 4 nitrogen and oxygen atoms in total. The lowest BCUT2D eigenvalue weighted by atomic mass is 9.93. The third-order valence-electron chi connectivity index (χ3n) is 4.78. The molecule has 27 heavy (non-hydrogen) atoms. The molecule has 3 rings (SSSR count). The lowest BCUT2D eigenvalue weighted by Crippen LogP contribution is -2.13. The van der Waals surface area contributed by atoms with Crippen LogP contribution in [0.25, 0.3) is 11.4 Å². The molecular weight excluding hydrogens is 352 g/mol. The van der Waals surface area contributed by atoms with Crippen molar-refractivity contribution in [2.75, 3.05) is 6.54 Å². The molecule has 2 N–H and O–H groups in total. The van der Waals surface area contributed by atoms with Crippen molar-refractivity contribution in [3.05, 3.63) is 62.9 Å². The lowest BCUT2D eigenvalue weighted by molar-refractivity contribution is 0.565. The zero-order valence-electron chi connectivity index (χ0n) is 16.8. The van der Waals surface area contributed by atoms with Gasteiger partial charge >= 0.3 is 0 Å². The van der Waals surface area contributed by atoms with Crippen LogP contribution >= 0.6 is 11.3 Å². The zero-order chi connectivity index (χ0) is 19.6. The number of thiazole rings is 1. The van der Waals surface area contributed by atoms with Crippen molar-refractivity contribution in [1.29, 1.82) is 0 Å². The minimum absolute atomic E-state index is 0.00418. The van der Waals surface area contributed by atoms with Crippen LogP contribution in [0.15, 0.2) is 29.9 Å². The van der Waals surface area contributed by atoms with Crippen molar-refractivity contribution in [3.8, 4) is 11.4 Å². The van der Waals surface area contributed by atoms with E-state index in [9.17, 15) is 0 Å². The SMILES string of the molecule is Cc1cc(Cc2nc(-c3cnc(C(C)(C)C)cn3)cs2)c(C)cc1CCN. The topological polar surface area (TPSA) is 64.7 Å². The fourth-order valence-electron chi connectivity index (χ4n) is 3.07. The molecule has 0 radical (unpaired) electrons. The van der Waals surface area contributed by atoms with Gasteiger partial charge in [0, 0.05) is 23.4 Å². The summed E-state index contributed by atoms with van der Waals surface area (Å²) in [6.07, 6.45) is 5.46. The van der Waals surface area contributed by atoms with Crippen LogP contribution in [-0.2, 0) is 18.3 Å². The highest BCUT2D eigenvalue weighted by Crippen LogP contribution is 2.26. The molecule has 2 aromatic heterocycles. The van der Waals surface area contributed by atoms with Gasteiger partial charge < -0.3 is 5.73 Å². The Hall–Kier alpha value is -2.11. The summed E-state index contributed by atoms with van der Waals surface area (Å²) in [5.41, 5.74) is 13.7. The van der Waals surface area contributed by atoms with E-state index in [0.29, 0.717) is 6.54 Å². The first-order valence-corrected chi connectivity index (χ1v) is 10.2. The molecule has 142 valence electrons. The first-order valence-electron chi connectivity index (χ1n) is 9.34. The lowest BCUT2D eigenvalue weighted by Gasteiger charge is -2.16. The summed E-state index contributed by atoms with van der Waals surface area (Å²) in [4.78, 5) is 13.9. The smallest absolute Gasteiger partial charge is 0.108 e. The van der Waals surface area contributed by atoms with Crippen LogP contribution in [0.3, 0.4) is 0 Å². The van der Waals surface area contributed by atoms with Crippen LogP contribution in [0.1, 0.15) is 53.7 Å². The third-order valence-corrected chi connectivity index (χ3v) is 5.63. The van der Waals surface area contributed by atoms with E-state index in [2.05, 4.69) is 62.1 Å². The normalized spacial score (nSPS) is 11.8. The Morgan fingerprint density at radius 2 is 1.67 bits per heavy atom. The molecule has 0 saturated heterocycles. The highest BCUT2D eigenvalue weighted by molar-refractivity contribution is 7.10. The van der Waals surface area contributed by atoms with Gasteiger partial charge in [-0.1, -0.05) is 32.9 Å². The highest BCUT2D eigenvalue weighted by Gasteiger charge is 2.16. The molecule has 0 atom stereocenters.